The molecular weight excluding hydrogens is 468 g/mol. The van der Waals surface area contributed by atoms with E-state index in [1.54, 1.807) is 36.4 Å². The Morgan fingerprint density at radius 3 is 2.45 bits per heavy atom. The van der Waals surface area contributed by atoms with Gasteiger partial charge in [0, 0.05) is 5.69 Å². The maximum atomic E-state index is 12.8. The summed E-state index contributed by atoms with van der Waals surface area (Å²) in [6.45, 7) is 4.23. The van der Waals surface area contributed by atoms with Gasteiger partial charge in [-0.25, -0.2) is 0 Å². The monoisotopic (exact) mass is 490 g/mol. The van der Waals surface area contributed by atoms with E-state index in [1.165, 1.54) is 13.2 Å². The molecule has 33 heavy (non-hydrogen) atoms. The highest BCUT2D eigenvalue weighted by Gasteiger charge is 2.36. The van der Waals surface area contributed by atoms with E-state index < -0.39 is 23.6 Å². The van der Waals surface area contributed by atoms with Gasteiger partial charge in [0.25, 0.3) is 11.1 Å². The molecule has 0 aliphatic carbocycles. The number of rotatable bonds is 9. The molecule has 1 aliphatic rings. The fourth-order valence-corrected chi connectivity index (χ4v) is 4.20. The lowest BCUT2D eigenvalue weighted by atomic mass is 10.1. The minimum absolute atomic E-state index is 0.178. The Hall–Kier alpha value is -3.17. The van der Waals surface area contributed by atoms with Crippen molar-refractivity contribution < 1.29 is 28.6 Å². The molecule has 3 amide bonds. The van der Waals surface area contributed by atoms with Crippen LogP contribution < -0.4 is 19.5 Å². The molecule has 0 saturated carbocycles. The van der Waals surface area contributed by atoms with Gasteiger partial charge in [-0.1, -0.05) is 11.6 Å². The third-order valence-electron chi connectivity index (χ3n) is 4.46. The standard InChI is InChI=1S/C23H23ClN2O6S/c1-4-31-16-8-6-15(7-9-16)25-20(27)13-26-22(28)19(33-23(26)29)12-14-10-17(24)21(30-3)18(11-14)32-5-2/h6-12H,4-5,13H2,1-3H3,(H,25,27). The molecule has 1 saturated heterocycles. The molecule has 0 aromatic heterocycles. The number of nitrogens with zero attached hydrogens (tertiary/aromatic N) is 1. The number of carbonyl (C=O) groups excluding carboxylic acids is 3. The number of benzene rings is 2. The molecule has 0 spiro atoms. The topological polar surface area (TPSA) is 94.2 Å². The number of hydrogen-bond donors (Lipinski definition) is 1. The lowest BCUT2D eigenvalue weighted by Gasteiger charge is -2.13. The van der Waals surface area contributed by atoms with Crippen LogP contribution in [0.4, 0.5) is 10.5 Å². The van der Waals surface area contributed by atoms with Gasteiger partial charge < -0.3 is 19.5 Å². The van der Waals surface area contributed by atoms with E-state index in [-0.39, 0.29) is 4.91 Å². The lowest BCUT2D eigenvalue weighted by molar-refractivity contribution is -0.127. The summed E-state index contributed by atoms with van der Waals surface area (Å²) in [5.41, 5.74) is 1.09. The Balaban J connectivity index is 1.71. The maximum Gasteiger partial charge on any atom is 0.294 e. The average Bonchev–Trinajstić information content (AvgIpc) is 3.03. The predicted molar refractivity (Wildman–Crippen MR) is 128 cm³/mol. The number of ether oxygens (including phenoxy) is 3. The molecule has 0 unspecified atom stereocenters. The van der Waals surface area contributed by atoms with Crippen molar-refractivity contribution in [3.63, 3.8) is 0 Å². The minimum atomic E-state index is -0.559. The van der Waals surface area contributed by atoms with E-state index >= 15 is 0 Å². The summed E-state index contributed by atoms with van der Waals surface area (Å²) in [5.74, 6) is 0.436. The third-order valence-corrected chi connectivity index (χ3v) is 5.65. The molecule has 2 aromatic rings. The largest absolute Gasteiger partial charge is 0.494 e. The van der Waals surface area contributed by atoms with Crippen LogP contribution in [0.3, 0.4) is 0 Å². The first kappa shape index (κ1) is 24.5. The summed E-state index contributed by atoms with van der Waals surface area (Å²) in [7, 11) is 1.48. The van der Waals surface area contributed by atoms with Crippen molar-refractivity contribution in [1.29, 1.82) is 0 Å². The van der Waals surface area contributed by atoms with Crippen molar-refractivity contribution in [1.82, 2.24) is 4.90 Å². The van der Waals surface area contributed by atoms with Gasteiger partial charge in [-0.05, 0) is 73.6 Å². The first-order valence-electron chi connectivity index (χ1n) is 10.1. The molecule has 2 aromatic carbocycles. The van der Waals surface area contributed by atoms with Gasteiger partial charge in [-0.2, -0.15) is 0 Å². The second-order valence-corrected chi connectivity index (χ2v) is 8.14. The number of amides is 3. The van der Waals surface area contributed by atoms with E-state index in [1.807, 2.05) is 13.8 Å². The molecule has 3 rings (SSSR count). The highest BCUT2D eigenvalue weighted by Crippen LogP contribution is 2.38. The van der Waals surface area contributed by atoms with Crippen molar-refractivity contribution in [3.8, 4) is 17.2 Å². The van der Waals surface area contributed by atoms with Crippen LogP contribution in [0.15, 0.2) is 41.3 Å². The van der Waals surface area contributed by atoms with E-state index in [4.69, 9.17) is 25.8 Å². The second-order valence-electron chi connectivity index (χ2n) is 6.74. The predicted octanol–water partition coefficient (Wildman–Crippen LogP) is 4.82. The van der Waals surface area contributed by atoms with Crippen LogP contribution in [0.2, 0.25) is 5.02 Å². The van der Waals surface area contributed by atoms with Crippen LogP contribution in [-0.4, -0.2) is 48.8 Å². The number of methoxy groups -OCH3 is 1. The zero-order valence-electron chi connectivity index (χ0n) is 18.3. The van der Waals surface area contributed by atoms with Gasteiger partial charge in [0.15, 0.2) is 11.5 Å². The highest BCUT2D eigenvalue weighted by atomic mass is 35.5. The first-order chi connectivity index (χ1) is 15.9. The Bertz CT molecular complexity index is 1090. The molecule has 174 valence electrons. The molecule has 0 atom stereocenters. The van der Waals surface area contributed by atoms with Gasteiger partial charge in [-0.3, -0.25) is 19.3 Å². The van der Waals surface area contributed by atoms with Gasteiger partial charge in [0.2, 0.25) is 5.91 Å². The Kier molecular flexibility index (Phi) is 8.24. The Morgan fingerprint density at radius 1 is 1.12 bits per heavy atom. The molecule has 1 N–H and O–H groups in total. The third kappa shape index (κ3) is 6.00. The van der Waals surface area contributed by atoms with Gasteiger partial charge in [0.1, 0.15) is 12.3 Å². The fourth-order valence-electron chi connectivity index (χ4n) is 3.07. The number of carbonyl (C=O) groups is 3. The molecule has 1 heterocycles. The highest BCUT2D eigenvalue weighted by molar-refractivity contribution is 8.18. The summed E-state index contributed by atoms with van der Waals surface area (Å²) in [6.07, 6.45) is 1.53. The summed E-state index contributed by atoms with van der Waals surface area (Å²) in [6, 6.07) is 10.1. The molecule has 1 aliphatic heterocycles. The van der Waals surface area contributed by atoms with Crippen molar-refractivity contribution >= 4 is 52.2 Å². The zero-order valence-corrected chi connectivity index (χ0v) is 19.9. The van der Waals surface area contributed by atoms with Crippen molar-refractivity contribution in [2.45, 2.75) is 13.8 Å². The Labute approximate surface area is 200 Å². The first-order valence-corrected chi connectivity index (χ1v) is 11.3. The van der Waals surface area contributed by atoms with Crippen molar-refractivity contribution in [2.24, 2.45) is 0 Å². The van der Waals surface area contributed by atoms with Crippen LogP contribution in [0.5, 0.6) is 17.2 Å². The van der Waals surface area contributed by atoms with E-state index in [0.717, 1.165) is 16.7 Å². The number of imide groups is 1. The van der Waals surface area contributed by atoms with E-state index in [2.05, 4.69) is 5.32 Å². The van der Waals surface area contributed by atoms with Gasteiger partial charge >= 0.3 is 0 Å². The normalized spacial score (nSPS) is 14.5. The number of hydrogen-bond acceptors (Lipinski definition) is 7. The SMILES string of the molecule is CCOc1ccc(NC(=O)CN2C(=O)SC(=Cc3cc(Cl)c(OC)c(OCC)c3)C2=O)cc1. The van der Waals surface area contributed by atoms with E-state index in [0.29, 0.717) is 46.7 Å². The van der Waals surface area contributed by atoms with Crippen molar-refractivity contribution in [2.75, 3.05) is 32.2 Å². The van der Waals surface area contributed by atoms with Gasteiger partial charge in [-0.15, -0.1) is 0 Å². The molecule has 8 nitrogen and oxygen atoms in total. The zero-order chi connectivity index (χ0) is 24.0. The summed E-state index contributed by atoms with van der Waals surface area (Å²) in [4.78, 5) is 38.6. The molecule has 10 heteroatoms. The molecule has 0 radical (unpaired) electrons. The summed E-state index contributed by atoms with van der Waals surface area (Å²) < 4.78 is 16.2. The van der Waals surface area contributed by atoms with Gasteiger partial charge in [0.05, 0.1) is 30.3 Å². The average molecular weight is 491 g/mol. The minimum Gasteiger partial charge on any atom is -0.494 e. The second kappa shape index (κ2) is 11.1. The smallest absolute Gasteiger partial charge is 0.294 e. The van der Waals surface area contributed by atoms with Crippen LogP contribution in [-0.2, 0) is 9.59 Å². The van der Waals surface area contributed by atoms with Crippen LogP contribution in [0, 0.1) is 0 Å². The number of anilines is 1. The number of halogens is 1. The van der Waals surface area contributed by atoms with E-state index in [9.17, 15) is 14.4 Å². The lowest BCUT2D eigenvalue weighted by Crippen LogP contribution is -2.36. The Morgan fingerprint density at radius 2 is 1.82 bits per heavy atom. The summed E-state index contributed by atoms with van der Waals surface area (Å²) >= 11 is 7.01. The fraction of sp³-hybridized carbons (Fsp3) is 0.261. The summed E-state index contributed by atoms with van der Waals surface area (Å²) in [5, 5.41) is 2.45. The molecule has 1 fully saturated rings. The van der Waals surface area contributed by atoms with Crippen LogP contribution >= 0.6 is 23.4 Å². The van der Waals surface area contributed by atoms with Crippen LogP contribution in [0.1, 0.15) is 19.4 Å². The van der Waals surface area contributed by atoms with Crippen molar-refractivity contribution in [3.05, 3.63) is 51.9 Å². The molecule has 0 bridgehead atoms. The van der Waals surface area contributed by atoms with Crippen LogP contribution in [0.25, 0.3) is 6.08 Å². The maximum absolute atomic E-state index is 12.8. The quantitative estimate of drug-likeness (QED) is 0.503. The number of thioether (sulfide) groups is 1. The molecular formula is C23H23ClN2O6S. The number of nitrogens with one attached hydrogen (secondary N) is 1.